The Bertz CT molecular complexity index is 363. The topological polar surface area (TPSA) is 26.0 Å². The van der Waals surface area contributed by atoms with E-state index in [1.165, 1.54) is 6.07 Å². The van der Waals surface area contributed by atoms with Gasteiger partial charge in [0.15, 0.2) is 0 Å². The normalized spacial score (nSPS) is 13.9. The number of hydrogen-bond acceptors (Lipinski definition) is 1. The maximum atomic E-state index is 12.8. The van der Waals surface area contributed by atoms with Gasteiger partial charge in [-0.15, -0.1) is 0 Å². The highest BCUT2D eigenvalue weighted by Crippen LogP contribution is 2.37. The van der Waals surface area contributed by atoms with E-state index in [0.717, 1.165) is 6.07 Å². The van der Waals surface area contributed by atoms with E-state index in [1.54, 1.807) is 13.0 Å². The Morgan fingerprint density at radius 3 is 2.50 bits per heavy atom. The second kappa shape index (κ2) is 5.19. The molecule has 90 valence electrons. The molecule has 0 aliphatic rings. The first-order chi connectivity index (χ1) is 7.36. The Morgan fingerprint density at radius 2 is 2.00 bits per heavy atom. The molecular formula is C11H13BrF3N. The molecule has 0 aliphatic carbocycles. The van der Waals surface area contributed by atoms with Crippen LogP contribution in [0.25, 0.3) is 0 Å². The number of benzene rings is 1. The smallest absolute Gasteiger partial charge is 0.330 e. The van der Waals surface area contributed by atoms with Gasteiger partial charge >= 0.3 is 6.18 Å². The summed E-state index contributed by atoms with van der Waals surface area (Å²) < 4.78 is 38.8. The fraction of sp³-hybridized carbons (Fsp3) is 0.455. The van der Waals surface area contributed by atoms with Gasteiger partial charge in [-0.25, -0.2) is 0 Å². The second-order valence-corrected chi connectivity index (χ2v) is 4.62. The van der Waals surface area contributed by atoms with Gasteiger partial charge in [-0.1, -0.05) is 28.9 Å². The van der Waals surface area contributed by atoms with E-state index in [4.69, 9.17) is 5.73 Å². The first-order valence-electron chi connectivity index (χ1n) is 4.93. The first-order valence-corrected chi connectivity index (χ1v) is 5.72. The van der Waals surface area contributed by atoms with Crippen molar-refractivity contribution in [1.29, 1.82) is 0 Å². The Labute approximate surface area is 101 Å². The number of rotatable bonds is 3. The SMILES string of the molecule is CC(CCN)c1ccc(Br)cc1C(F)(F)F. The summed E-state index contributed by atoms with van der Waals surface area (Å²) in [5, 5.41) is 0. The summed E-state index contributed by atoms with van der Waals surface area (Å²) in [5.41, 5.74) is 5.09. The average Bonchev–Trinajstić information content (AvgIpc) is 2.16. The Kier molecular flexibility index (Phi) is 4.38. The maximum Gasteiger partial charge on any atom is 0.416 e. The second-order valence-electron chi connectivity index (χ2n) is 3.71. The molecule has 1 aromatic rings. The Balaban J connectivity index is 3.18. The quantitative estimate of drug-likeness (QED) is 0.899. The zero-order valence-corrected chi connectivity index (χ0v) is 10.4. The molecule has 16 heavy (non-hydrogen) atoms. The van der Waals surface area contributed by atoms with Crippen LogP contribution in [0.5, 0.6) is 0 Å². The number of nitrogens with two attached hydrogens (primary N) is 1. The molecule has 1 atom stereocenters. The predicted octanol–water partition coefficient (Wildman–Crippen LogP) is 3.92. The van der Waals surface area contributed by atoms with Gasteiger partial charge < -0.3 is 5.73 Å². The third-order valence-corrected chi connectivity index (χ3v) is 2.94. The van der Waals surface area contributed by atoms with Gasteiger partial charge in [-0.05, 0) is 36.6 Å². The highest BCUT2D eigenvalue weighted by atomic mass is 79.9. The summed E-state index contributed by atoms with van der Waals surface area (Å²) in [4.78, 5) is 0. The van der Waals surface area contributed by atoms with Gasteiger partial charge in [0.25, 0.3) is 0 Å². The van der Waals surface area contributed by atoms with Gasteiger partial charge in [0.1, 0.15) is 0 Å². The lowest BCUT2D eigenvalue weighted by Gasteiger charge is -2.18. The van der Waals surface area contributed by atoms with Gasteiger partial charge in [-0.3, -0.25) is 0 Å². The van der Waals surface area contributed by atoms with Crippen LogP contribution in [-0.4, -0.2) is 6.54 Å². The van der Waals surface area contributed by atoms with E-state index in [1.807, 2.05) is 0 Å². The lowest BCUT2D eigenvalue weighted by Crippen LogP contribution is -2.13. The minimum atomic E-state index is -4.32. The summed E-state index contributed by atoms with van der Waals surface area (Å²) in [7, 11) is 0. The van der Waals surface area contributed by atoms with Crippen LogP contribution < -0.4 is 5.73 Å². The lowest BCUT2D eigenvalue weighted by molar-refractivity contribution is -0.138. The molecule has 0 aliphatic heterocycles. The molecule has 0 amide bonds. The molecule has 1 unspecified atom stereocenters. The van der Waals surface area contributed by atoms with Gasteiger partial charge in [-0.2, -0.15) is 13.2 Å². The maximum absolute atomic E-state index is 12.8. The molecule has 0 aromatic heterocycles. The molecular weight excluding hydrogens is 283 g/mol. The molecule has 0 fully saturated rings. The van der Waals surface area contributed by atoms with Gasteiger partial charge in [0, 0.05) is 4.47 Å². The van der Waals surface area contributed by atoms with Crippen molar-refractivity contribution in [2.24, 2.45) is 5.73 Å². The average molecular weight is 296 g/mol. The molecule has 5 heteroatoms. The number of halogens is 4. The monoisotopic (exact) mass is 295 g/mol. The van der Waals surface area contributed by atoms with E-state index in [-0.39, 0.29) is 5.92 Å². The third-order valence-electron chi connectivity index (χ3n) is 2.45. The van der Waals surface area contributed by atoms with Crippen molar-refractivity contribution in [3.8, 4) is 0 Å². The summed E-state index contributed by atoms with van der Waals surface area (Å²) in [6.45, 7) is 2.14. The predicted molar refractivity (Wildman–Crippen MR) is 61.2 cm³/mol. The number of hydrogen-bond donors (Lipinski definition) is 1. The molecule has 0 heterocycles. The van der Waals surface area contributed by atoms with Crippen LogP contribution in [0, 0.1) is 0 Å². The molecule has 0 saturated heterocycles. The Hall–Kier alpha value is -0.550. The van der Waals surface area contributed by atoms with E-state index >= 15 is 0 Å². The van der Waals surface area contributed by atoms with Crippen LogP contribution in [0.15, 0.2) is 22.7 Å². The van der Waals surface area contributed by atoms with Crippen LogP contribution >= 0.6 is 15.9 Å². The van der Waals surface area contributed by atoms with Crippen LogP contribution in [-0.2, 0) is 6.18 Å². The van der Waals surface area contributed by atoms with Gasteiger partial charge in [0.05, 0.1) is 5.56 Å². The van der Waals surface area contributed by atoms with Crippen molar-refractivity contribution >= 4 is 15.9 Å². The lowest BCUT2D eigenvalue weighted by atomic mass is 9.93. The van der Waals surface area contributed by atoms with Crippen molar-refractivity contribution in [3.63, 3.8) is 0 Å². The molecule has 1 nitrogen and oxygen atoms in total. The van der Waals surface area contributed by atoms with Crippen molar-refractivity contribution < 1.29 is 13.2 Å². The van der Waals surface area contributed by atoms with E-state index < -0.39 is 11.7 Å². The van der Waals surface area contributed by atoms with Crippen LogP contribution in [0.3, 0.4) is 0 Å². The minimum absolute atomic E-state index is 0.185. The third kappa shape index (κ3) is 3.22. The Morgan fingerprint density at radius 1 is 1.38 bits per heavy atom. The van der Waals surface area contributed by atoms with E-state index in [9.17, 15) is 13.2 Å². The van der Waals surface area contributed by atoms with Crippen molar-refractivity contribution in [2.75, 3.05) is 6.54 Å². The molecule has 0 radical (unpaired) electrons. The van der Waals surface area contributed by atoms with Crippen LogP contribution in [0.4, 0.5) is 13.2 Å². The van der Waals surface area contributed by atoms with Crippen LogP contribution in [0.2, 0.25) is 0 Å². The summed E-state index contributed by atoms with van der Waals surface area (Å²) >= 11 is 3.05. The summed E-state index contributed by atoms with van der Waals surface area (Å²) in [6.07, 6.45) is -3.77. The van der Waals surface area contributed by atoms with E-state index in [0.29, 0.717) is 23.0 Å². The largest absolute Gasteiger partial charge is 0.416 e. The first kappa shape index (κ1) is 13.5. The van der Waals surface area contributed by atoms with Crippen molar-refractivity contribution in [1.82, 2.24) is 0 Å². The highest BCUT2D eigenvalue weighted by molar-refractivity contribution is 9.10. The summed E-state index contributed by atoms with van der Waals surface area (Å²) in [5.74, 6) is -0.185. The van der Waals surface area contributed by atoms with Crippen LogP contribution in [0.1, 0.15) is 30.4 Å². The molecule has 1 aromatic carbocycles. The fourth-order valence-electron chi connectivity index (χ4n) is 1.61. The fourth-order valence-corrected chi connectivity index (χ4v) is 1.97. The molecule has 0 bridgehead atoms. The highest BCUT2D eigenvalue weighted by Gasteiger charge is 2.34. The molecule has 2 N–H and O–H groups in total. The minimum Gasteiger partial charge on any atom is -0.330 e. The molecule has 0 spiro atoms. The zero-order valence-electron chi connectivity index (χ0n) is 8.81. The molecule has 0 saturated carbocycles. The molecule has 1 rings (SSSR count). The summed E-state index contributed by atoms with van der Waals surface area (Å²) in [6, 6.07) is 4.24. The van der Waals surface area contributed by atoms with Crippen molar-refractivity contribution in [2.45, 2.75) is 25.4 Å². The van der Waals surface area contributed by atoms with Crippen molar-refractivity contribution in [3.05, 3.63) is 33.8 Å². The standard InChI is InChI=1S/C11H13BrF3N/c1-7(4-5-16)9-3-2-8(12)6-10(9)11(13,14)15/h2-3,6-7H,4-5,16H2,1H3. The zero-order chi connectivity index (χ0) is 12.3. The van der Waals surface area contributed by atoms with Gasteiger partial charge in [0.2, 0.25) is 0 Å². The number of alkyl halides is 3. The van der Waals surface area contributed by atoms with E-state index in [2.05, 4.69) is 15.9 Å².